The first-order valence-corrected chi connectivity index (χ1v) is 9.19. The molecule has 4 atom stereocenters. The van der Waals surface area contributed by atoms with E-state index in [9.17, 15) is 4.79 Å². The summed E-state index contributed by atoms with van der Waals surface area (Å²) in [6.45, 7) is 3.83. The Labute approximate surface area is 146 Å². The van der Waals surface area contributed by atoms with Crippen LogP contribution in [0.1, 0.15) is 31.7 Å². The summed E-state index contributed by atoms with van der Waals surface area (Å²) in [6.07, 6.45) is 3.63. The highest BCUT2D eigenvalue weighted by Gasteiger charge is 2.63. The van der Waals surface area contributed by atoms with Gasteiger partial charge >= 0.3 is 6.09 Å². The van der Waals surface area contributed by atoms with Crippen molar-refractivity contribution in [1.82, 2.24) is 4.90 Å². The van der Waals surface area contributed by atoms with Crippen LogP contribution in [0.5, 0.6) is 0 Å². The number of hydrogen-bond donors (Lipinski definition) is 0. The number of benzene rings is 1. The zero-order valence-electron chi connectivity index (χ0n) is 13.2. The second-order valence-corrected chi connectivity index (χ2v) is 7.94. The van der Waals surface area contributed by atoms with Crippen LogP contribution in [0.4, 0.5) is 4.79 Å². The Hall–Kier alpha value is -0.930. The second-order valence-electron chi connectivity index (χ2n) is 7.13. The molecule has 0 spiro atoms. The number of halogens is 2. The monoisotopic (exact) mass is 353 g/mol. The Kier molecular flexibility index (Phi) is 3.77. The lowest BCUT2D eigenvalue weighted by Crippen LogP contribution is -2.41. The summed E-state index contributed by atoms with van der Waals surface area (Å²) in [5.74, 6) is 1.87. The number of hydrogen-bond acceptors (Lipinski definition) is 2. The minimum absolute atomic E-state index is 0.0317. The Bertz CT molecular complexity index is 650. The molecular formula is C18H21Cl2NO2. The van der Waals surface area contributed by atoms with Crippen molar-refractivity contribution in [3.63, 3.8) is 0 Å². The fourth-order valence-corrected chi connectivity index (χ4v) is 5.73. The van der Waals surface area contributed by atoms with Crippen LogP contribution >= 0.6 is 23.2 Å². The van der Waals surface area contributed by atoms with Crippen molar-refractivity contribution in [2.45, 2.75) is 31.6 Å². The highest BCUT2D eigenvalue weighted by molar-refractivity contribution is 6.42. The molecule has 2 bridgehead atoms. The maximum absolute atomic E-state index is 12.3. The molecule has 3 aliphatic rings. The fraction of sp³-hybridized carbons (Fsp3) is 0.611. The van der Waals surface area contributed by atoms with Crippen molar-refractivity contribution >= 4 is 29.3 Å². The predicted molar refractivity (Wildman–Crippen MR) is 91.1 cm³/mol. The Balaban J connectivity index is 1.73. The first-order valence-electron chi connectivity index (χ1n) is 8.43. The molecule has 1 heterocycles. The van der Waals surface area contributed by atoms with E-state index in [4.69, 9.17) is 27.9 Å². The van der Waals surface area contributed by atoms with Crippen molar-refractivity contribution in [1.29, 1.82) is 0 Å². The molecule has 5 heteroatoms. The number of likely N-dealkylation sites (tertiary alicyclic amines) is 1. The lowest BCUT2D eigenvalue weighted by atomic mass is 9.64. The molecule has 1 amide bonds. The molecule has 0 radical (unpaired) electrons. The van der Waals surface area contributed by atoms with E-state index in [2.05, 4.69) is 6.07 Å². The van der Waals surface area contributed by atoms with E-state index < -0.39 is 0 Å². The number of nitrogens with zero attached hydrogens (tertiary/aromatic N) is 1. The molecule has 4 unspecified atom stereocenters. The zero-order chi connectivity index (χ0) is 16.2. The maximum atomic E-state index is 12.3. The molecule has 3 fully saturated rings. The summed E-state index contributed by atoms with van der Waals surface area (Å²) in [5.41, 5.74) is 1.28. The van der Waals surface area contributed by atoms with Gasteiger partial charge in [-0.15, -0.1) is 0 Å². The molecule has 0 aromatic heterocycles. The van der Waals surface area contributed by atoms with E-state index in [0.29, 0.717) is 34.4 Å². The number of carbonyl (C=O) groups is 1. The van der Waals surface area contributed by atoms with Gasteiger partial charge in [0.05, 0.1) is 16.7 Å². The first-order chi connectivity index (χ1) is 11.1. The van der Waals surface area contributed by atoms with Gasteiger partial charge in [0.1, 0.15) is 0 Å². The molecule has 2 aliphatic carbocycles. The van der Waals surface area contributed by atoms with Gasteiger partial charge in [-0.05, 0) is 61.6 Å². The summed E-state index contributed by atoms with van der Waals surface area (Å²) in [5, 5.41) is 1.20. The summed E-state index contributed by atoms with van der Waals surface area (Å²) in [4.78, 5) is 14.2. The Morgan fingerprint density at radius 2 is 2.17 bits per heavy atom. The largest absolute Gasteiger partial charge is 0.450 e. The number of ether oxygens (including phenoxy) is 1. The van der Waals surface area contributed by atoms with Gasteiger partial charge in [-0.2, -0.15) is 0 Å². The van der Waals surface area contributed by atoms with Gasteiger partial charge in [0.15, 0.2) is 0 Å². The van der Waals surface area contributed by atoms with E-state index in [1.165, 1.54) is 24.8 Å². The molecular weight excluding hydrogens is 333 g/mol. The number of amides is 1. The Morgan fingerprint density at radius 1 is 1.35 bits per heavy atom. The Morgan fingerprint density at radius 3 is 2.91 bits per heavy atom. The third kappa shape index (κ3) is 2.20. The molecule has 0 N–H and O–H groups in total. The lowest BCUT2D eigenvalue weighted by molar-refractivity contribution is 0.111. The molecule has 1 saturated heterocycles. The molecule has 2 saturated carbocycles. The van der Waals surface area contributed by atoms with Crippen LogP contribution < -0.4 is 0 Å². The second kappa shape index (κ2) is 5.56. The van der Waals surface area contributed by atoms with Crippen molar-refractivity contribution < 1.29 is 9.53 Å². The third-order valence-electron chi connectivity index (χ3n) is 6.29. The smallest absolute Gasteiger partial charge is 0.409 e. The molecule has 3 nitrogen and oxygen atoms in total. The summed E-state index contributed by atoms with van der Waals surface area (Å²) in [6, 6.07) is 6.02. The molecule has 1 aromatic carbocycles. The standard InChI is InChI=1S/C18H21Cl2NO2/c1-2-23-17(22)21-9-14-11-3-4-12(7-11)18(14,10-21)13-5-6-15(19)16(20)8-13/h5-6,8,11-12,14H,2-4,7,9-10H2,1H3. The van der Waals surface area contributed by atoms with Gasteiger partial charge in [0.25, 0.3) is 0 Å². The van der Waals surface area contributed by atoms with E-state index in [0.717, 1.165) is 13.1 Å². The van der Waals surface area contributed by atoms with Gasteiger partial charge in [-0.25, -0.2) is 4.79 Å². The van der Waals surface area contributed by atoms with E-state index in [1.54, 1.807) is 0 Å². The highest BCUT2D eigenvalue weighted by atomic mass is 35.5. The van der Waals surface area contributed by atoms with Crippen LogP contribution in [-0.2, 0) is 10.2 Å². The van der Waals surface area contributed by atoms with Crippen LogP contribution in [0.2, 0.25) is 10.0 Å². The lowest BCUT2D eigenvalue weighted by Gasteiger charge is -2.39. The SMILES string of the molecule is CCOC(=O)N1CC2C3CCC(C3)C2(c2ccc(Cl)c(Cl)c2)C1. The molecule has 1 aromatic rings. The van der Waals surface area contributed by atoms with Crippen LogP contribution in [0, 0.1) is 17.8 Å². The maximum Gasteiger partial charge on any atom is 0.409 e. The van der Waals surface area contributed by atoms with Crippen molar-refractivity contribution in [3.8, 4) is 0 Å². The normalized spacial score (nSPS) is 34.7. The average Bonchev–Trinajstić information content (AvgIpc) is 3.20. The van der Waals surface area contributed by atoms with E-state index in [1.807, 2.05) is 24.0 Å². The minimum atomic E-state index is -0.180. The van der Waals surface area contributed by atoms with Gasteiger partial charge in [0, 0.05) is 18.5 Å². The summed E-state index contributed by atoms with van der Waals surface area (Å²) < 4.78 is 5.25. The predicted octanol–water partition coefficient (Wildman–Crippen LogP) is 4.75. The van der Waals surface area contributed by atoms with Crippen LogP contribution in [0.15, 0.2) is 18.2 Å². The first kappa shape index (κ1) is 15.6. The molecule has 4 rings (SSSR count). The quantitative estimate of drug-likeness (QED) is 0.767. The number of carbonyl (C=O) groups excluding carboxylic acids is 1. The van der Waals surface area contributed by atoms with E-state index in [-0.39, 0.29) is 11.5 Å². The van der Waals surface area contributed by atoms with Gasteiger partial charge in [-0.3, -0.25) is 0 Å². The van der Waals surface area contributed by atoms with Crippen molar-refractivity contribution in [2.24, 2.45) is 17.8 Å². The van der Waals surface area contributed by atoms with Crippen molar-refractivity contribution in [3.05, 3.63) is 33.8 Å². The molecule has 1 aliphatic heterocycles. The van der Waals surface area contributed by atoms with Crippen LogP contribution in [0.25, 0.3) is 0 Å². The van der Waals surface area contributed by atoms with Crippen LogP contribution in [0.3, 0.4) is 0 Å². The average molecular weight is 354 g/mol. The summed E-state index contributed by atoms with van der Waals surface area (Å²) in [7, 11) is 0. The van der Waals surface area contributed by atoms with Crippen LogP contribution in [-0.4, -0.2) is 30.7 Å². The number of rotatable bonds is 2. The van der Waals surface area contributed by atoms with Crippen molar-refractivity contribution in [2.75, 3.05) is 19.7 Å². The molecule has 124 valence electrons. The fourth-order valence-electron chi connectivity index (χ4n) is 5.43. The third-order valence-corrected chi connectivity index (χ3v) is 7.02. The highest BCUT2D eigenvalue weighted by Crippen LogP contribution is 2.63. The number of fused-ring (bicyclic) bond motifs is 5. The van der Waals surface area contributed by atoms with E-state index >= 15 is 0 Å². The zero-order valence-corrected chi connectivity index (χ0v) is 14.7. The molecule has 23 heavy (non-hydrogen) atoms. The summed E-state index contributed by atoms with van der Waals surface area (Å²) >= 11 is 12.4. The minimum Gasteiger partial charge on any atom is -0.450 e. The van der Waals surface area contributed by atoms with Gasteiger partial charge in [0.2, 0.25) is 0 Å². The van der Waals surface area contributed by atoms with Gasteiger partial charge < -0.3 is 9.64 Å². The van der Waals surface area contributed by atoms with Gasteiger partial charge in [-0.1, -0.05) is 29.3 Å². The topological polar surface area (TPSA) is 29.5 Å².